The van der Waals surface area contributed by atoms with Gasteiger partial charge in [-0.05, 0) is 26.0 Å². The Bertz CT molecular complexity index is 449. The zero-order valence-electron chi connectivity index (χ0n) is 10.3. The second-order valence-corrected chi connectivity index (χ2v) is 4.10. The van der Waals surface area contributed by atoms with Crippen molar-refractivity contribution in [2.24, 2.45) is 0 Å². The number of nitrogens with one attached hydrogen (secondary N) is 1. The summed E-state index contributed by atoms with van der Waals surface area (Å²) in [7, 11) is 0. The minimum Gasteiger partial charge on any atom is -0.334 e. The Balaban J connectivity index is 1.81. The van der Waals surface area contributed by atoms with E-state index in [9.17, 15) is 0 Å². The van der Waals surface area contributed by atoms with E-state index in [2.05, 4.69) is 26.8 Å². The standard InChI is InChI=1S/C13H18N4/c1-11(13-5-3-4-6-16-13)14-7-9-17-10-8-15-12(17)2/h3-6,8,10-11,14H,7,9H2,1-2H3/t11-/m0/s1. The maximum atomic E-state index is 4.33. The van der Waals surface area contributed by atoms with E-state index in [0.717, 1.165) is 24.6 Å². The maximum Gasteiger partial charge on any atom is 0.105 e. The molecule has 1 atom stereocenters. The van der Waals surface area contributed by atoms with Gasteiger partial charge in [0.05, 0.1) is 5.69 Å². The number of hydrogen-bond donors (Lipinski definition) is 1. The fourth-order valence-electron chi connectivity index (χ4n) is 1.78. The lowest BCUT2D eigenvalue weighted by atomic mass is 10.2. The summed E-state index contributed by atoms with van der Waals surface area (Å²) in [5.41, 5.74) is 1.08. The van der Waals surface area contributed by atoms with Gasteiger partial charge in [-0.2, -0.15) is 0 Å². The average molecular weight is 230 g/mol. The van der Waals surface area contributed by atoms with E-state index in [-0.39, 0.29) is 6.04 Å². The van der Waals surface area contributed by atoms with Crippen molar-refractivity contribution >= 4 is 0 Å². The van der Waals surface area contributed by atoms with Crippen molar-refractivity contribution < 1.29 is 0 Å². The van der Waals surface area contributed by atoms with E-state index in [1.54, 1.807) is 0 Å². The molecule has 1 N–H and O–H groups in total. The van der Waals surface area contributed by atoms with Gasteiger partial charge in [0.15, 0.2) is 0 Å². The summed E-state index contributed by atoms with van der Waals surface area (Å²) in [5, 5.41) is 3.45. The highest BCUT2D eigenvalue weighted by Crippen LogP contribution is 2.07. The molecule has 0 spiro atoms. The Labute approximate surface area is 102 Å². The monoisotopic (exact) mass is 230 g/mol. The van der Waals surface area contributed by atoms with Crippen LogP contribution in [-0.4, -0.2) is 21.1 Å². The summed E-state index contributed by atoms with van der Waals surface area (Å²) in [5.74, 6) is 1.05. The molecule has 0 fully saturated rings. The molecule has 17 heavy (non-hydrogen) atoms. The normalized spacial score (nSPS) is 12.6. The number of imidazole rings is 1. The summed E-state index contributed by atoms with van der Waals surface area (Å²) in [6.07, 6.45) is 5.66. The number of aryl methyl sites for hydroxylation is 1. The van der Waals surface area contributed by atoms with Crippen molar-refractivity contribution in [1.82, 2.24) is 19.9 Å². The maximum absolute atomic E-state index is 4.33. The van der Waals surface area contributed by atoms with Gasteiger partial charge in [0, 0.05) is 37.7 Å². The van der Waals surface area contributed by atoms with E-state index in [1.807, 2.05) is 43.7 Å². The van der Waals surface area contributed by atoms with Crippen LogP contribution in [0.4, 0.5) is 0 Å². The summed E-state index contributed by atoms with van der Waals surface area (Å²) in [6.45, 7) is 5.99. The molecule has 0 aliphatic heterocycles. The van der Waals surface area contributed by atoms with Crippen molar-refractivity contribution in [1.29, 1.82) is 0 Å². The number of rotatable bonds is 5. The van der Waals surface area contributed by atoms with E-state index in [4.69, 9.17) is 0 Å². The SMILES string of the molecule is Cc1nccn1CCN[C@@H](C)c1ccccn1. The fourth-order valence-corrected chi connectivity index (χ4v) is 1.78. The molecule has 2 heterocycles. The Morgan fingerprint density at radius 1 is 1.29 bits per heavy atom. The minimum atomic E-state index is 0.278. The minimum absolute atomic E-state index is 0.278. The largest absolute Gasteiger partial charge is 0.334 e. The lowest BCUT2D eigenvalue weighted by Gasteiger charge is -2.13. The molecule has 2 rings (SSSR count). The van der Waals surface area contributed by atoms with Gasteiger partial charge in [0.1, 0.15) is 5.82 Å². The first-order valence-corrected chi connectivity index (χ1v) is 5.89. The molecule has 2 aromatic heterocycles. The van der Waals surface area contributed by atoms with E-state index in [1.165, 1.54) is 0 Å². The molecule has 4 nitrogen and oxygen atoms in total. The number of aromatic nitrogens is 3. The molecule has 2 aromatic rings. The Morgan fingerprint density at radius 2 is 2.18 bits per heavy atom. The van der Waals surface area contributed by atoms with Gasteiger partial charge < -0.3 is 9.88 Å². The van der Waals surface area contributed by atoms with Crippen molar-refractivity contribution in [3.8, 4) is 0 Å². The van der Waals surface area contributed by atoms with E-state index in [0.29, 0.717) is 0 Å². The van der Waals surface area contributed by atoms with Crippen LogP contribution < -0.4 is 5.32 Å². The second kappa shape index (κ2) is 5.59. The lowest BCUT2D eigenvalue weighted by Crippen LogP contribution is -2.24. The molecule has 0 aromatic carbocycles. The highest BCUT2D eigenvalue weighted by molar-refractivity contribution is 5.07. The number of pyridine rings is 1. The average Bonchev–Trinajstić information content (AvgIpc) is 2.76. The van der Waals surface area contributed by atoms with Gasteiger partial charge in [-0.15, -0.1) is 0 Å². The van der Waals surface area contributed by atoms with Gasteiger partial charge in [0.25, 0.3) is 0 Å². The van der Waals surface area contributed by atoms with Crippen LogP contribution in [0.1, 0.15) is 24.5 Å². The molecule has 0 amide bonds. The third-order valence-electron chi connectivity index (χ3n) is 2.86. The predicted octanol–water partition coefficient (Wildman–Crippen LogP) is 1.94. The van der Waals surface area contributed by atoms with Gasteiger partial charge in [-0.25, -0.2) is 4.98 Å². The van der Waals surface area contributed by atoms with Crippen molar-refractivity contribution in [2.45, 2.75) is 26.4 Å². The van der Waals surface area contributed by atoms with Crippen LogP contribution in [0, 0.1) is 6.92 Å². The van der Waals surface area contributed by atoms with Crippen LogP contribution in [0.2, 0.25) is 0 Å². The zero-order valence-corrected chi connectivity index (χ0v) is 10.3. The molecule has 0 unspecified atom stereocenters. The van der Waals surface area contributed by atoms with E-state index >= 15 is 0 Å². The zero-order chi connectivity index (χ0) is 12.1. The van der Waals surface area contributed by atoms with Crippen LogP contribution in [0.15, 0.2) is 36.8 Å². The number of nitrogens with zero attached hydrogens (tertiary/aromatic N) is 3. The third-order valence-corrected chi connectivity index (χ3v) is 2.86. The molecule has 90 valence electrons. The van der Waals surface area contributed by atoms with E-state index < -0.39 is 0 Å². The molecule has 0 bridgehead atoms. The Kier molecular flexibility index (Phi) is 3.88. The molecule has 0 saturated carbocycles. The smallest absolute Gasteiger partial charge is 0.105 e. The van der Waals surface area contributed by atoms with Crippen LogP contribution in [0.5, 0.6) is 0 Å². The number of hydrogen-bond acceptors (Lipinski definition) is 3. The molecule has 0 saturated heterocycles. The van der Waals surface area contributed by atoms with Gasteiger partial charge in [-0.1, -0.05) is 6.07 Å². The summed E-state index contributed by atoms with van der Waals surface area (Å²) < 4.78 is 2.14. The topological polar surface area (TPSA) is 42.7 Å². The Hall–Kier alpha value is -1.68. The van der Waals surface area contributed by atoms with Gasteiger partial charge in [0.2, 0.25) is 0 Å². The summed E-state index contributed by atoms with van der Waals surface area (Å²) in [6, 6.07) is 6.27. The van der Waals surface area contributed by atoms with Gasteiger partial charge in [-0.3, -0.25) is 4.98 Å². The summed E-state index contributed by atoms with van der Waals surface area (Å²) in [4.78, 5) is 8.53. The molecular weight excluding hydrogens is 212 g/mol. The first-order valence-electron chi connectivity index (χ1n) is 5.89. The highest BCUT2D eigenvalue weighted by atomic mass is 15.1. The first-order chi connectivity index (χ1) is 8.27. The predicted molar refractivity (Wildman–Crippen MR) is 67.6 cm³/mol. The molecule has 0 radical (unpaired) electrons. The third kappa shape index (κ3) is 3.14. The lowest BCUT2D eigenvalue weighted by molar-refractivity contribution is 0.518. The fraction of sp³-hybridized carbons (Fsp3) is 0.385. The molecule has 0 aliphatic rings. The second-order valence-electron chi connectivity index (χ2n) is 4.10. The first kappa shape index (κ1) is 11.8. The van der Waals surface area contributed by atoms with Crippen molar-refractivity contribution in [3.05, 3.63) is 48.3 Å². The summed E-state index contributed by atoms with van der Waals surface area (Å²) >= 11 is 0. The van der Waals surface area contributed by atoms with Crippen LogP contribution in [0.3, 0.4) is 0 Å². The van der Waals surface area contributed by atoms with Gasteiger partial charge >= 0.3 is 0 Å². The van der Waals surface area contributed by atoms with Crippen molar-refractivity contribution in [2.75, 3.05) is 6.54 Å². The van der Waals surface area contributed by atoms with Crippen LogP contribution in [0.25, 0.3) is 0 Å². The molecule has 0 aliphatic carbocycles. The van der Waals surface area contributed by atoms with Crippen LogP contribution >= 0.6 is 0 Å². The highest BCUT2D eigenvalue weighted by Gasteiger charge is 2.04. The van der Waals surface area contributed by atoms with Crippen LogP contribution in [-0.2, 0) is 6.54 Å². The molecular formula is C13H18N4. The Morgan fingerprint density at radius 3 is 2.82 bits per heavy atom. The van der Waals surface area contributed by atoms with Crippen molar-refractivity contribution in [3.63, 3.8) is 0 Å². The quantitative estimate of drug-likeness (QED) is 0.853. The molecule has 4 heteroatoms.